The van der Waals surface area contributed by atoms with Crippen molar-refractivity contribution in [1.82, 2.24) is 19.5 Å². The van der Waals surface area contributed by atoms with E-state index in [1.54, 1.807) is 48.5 Å². The number of aromatic amines is 1. The molecule has 301 valence electrons. The second-order valence-electron chi connectivity index (χ2n) is 14.0. The zero-order chi connectivity index (χ0) is 41.7. The summed E-state index contributed by atoms with van der Waals surface area (Å²) >= 11 is 0. The Bertz CT molecular complexity index is 3180. The molecule has 13 heteroatoms. The zero-order valence-corrected chi connectivity index (χ0v) is 32.4. The molecule has 7 aromatic rings. The van der Waals surface area contributed by atoms with Crippen molar-refractivity contribution in [1.29, 1.82) is 0 Å². The number of rotatable bonds is 8. The predicted octanol–water partition coefficient (Wildman–Crippen LogP) is 9.91. The van der Waals surface area contributed by atoms with Gasteiger partial charge in [-0.3, -0.25) is 0 Å². The van der Waals surface area contributed by atoms with Crippen LogP contribution < -0.4 is 0 Å². The Morgan fingerprint density at radius 2 is 0.836 bits per heavy atom. The summed E-state index contributed by atoms with van der Waals surface area (Å²) in [5, 5.41) is 39.6. The van der Waals surface area contributed by atoms with Crippen LogP contribution in [0, 0.1) is 0 Å². The number of H-pyrrole nitrogens is 1. The molecule has 0 atom stereocenters. The summed E-state index contributed by atoms with van der Waals surface area (Å²) < 4.78 is 1.95. The fourth-order valence-electron chi connectivity index (χ4n) is 7.51. The summed E-state index contributed by atoms with van der Waals surface area (Å²) in [4.78, 5) is 61.9. The van der Waals surface area contributed by atoms with E-state index in [2.05, 4.69) is 4.98 Å². The van der Waals surface area contributed by atoms with Gasteiger partial charge in [-0.05, 0) is 132 Å². The molecular weight excluding hydrogens is 824 g/mol. The molecule has 2 aliphatic heterocycles. The molecule has 5 N–H and O–H groups in total. The maximum atomic E-state index is 12.1. The minimum atomic E-state index is -1.12. The van der Waals surface area contributed by atoms with Gasteiger partial charge in [0.1, 0.15) is 0 Å². The van der Waals surface area contributed by atoms with Crippen molar-refractivity contribution in [2.24, 2.45) is 0 Å². The molecule has 8 bridgehead atoms. The number of carboxylic acids is 4. The number of carbonyl (C=O) groups is 4. The van der Waals surface area contributed by atoms with Gasteiger partial charge >= 0.3 is 23.9 Å². The summed E-state index contributed by atoms with van der Waals surface area (Å²) in [6.07, 6.45) is 7.46. The zero-order valence-electron chi connectivity index (χ0n) is 31.5. The first-order chi connectivity index (χ1) is 29.0. The Hall–Kier alpha value is -8.12. The fourth-order valence-corrected chi connectivity index (χ4v) is 7.51. The van der Waals surface area contributed by atoms with Crippen LogP contribution in [-0.4, -0.2) is 63.8 Å². The van der Waals surface area contributed by atoms with Crippen LogP contribution in [0.4, 0.5) is 0 Å². The standard InChI is InChI=1S/C48H30N4O8.Cu/c53-45(54)29-7-1-26(2-8-29)41-39-22-19-36(51-39)24-35-16-15-33(49-35)23-34-17-18-37(50-34)25-40-42(27-3-9-30(10-4-27)46(55)56)43(28-5-11-31(12-6-28)47(57)58)44(41)52(40)38-20-13-32(14-21-38)48(59)60;/h1-25,49H,(H,53,54)(H,55,56)(H,57,58)(H,59,60);. The van der Waals surface area contributed by atoms with Crippen LogP contribution in [0.25, 0.3) is 85.4 Å². The van der Waals surface area contributed by atoms with E-state index in [1.807, 2.05) is 59.2 Å². The Labute approximate surface area is 356 Å². The first-order valence-corrected chi connectivity index (χ1v) is 18.5. The molecule has 0 fully saturated rings. The van der Waals surface area contributed by atoms with Crippen molar-refractivity contribution in [3.8, 4) is 39.1 Å². The van der Waals surface area contributed by atoms with Crippen molar-refractivity contribution in [2.45, 2.75) is 0 Å². The number of nitrogens with zero attached hydrogens (tertiary/aromatic N) is 3. The van der Waals surface area contributed by atoms with E-state index in [4.69, 9.17) is 9.97 Å². The van der Waals surface area contributed by atoms with Crippen LogP contribution in [0.2, 0.25) is 0 Å². The minimum absolute atomic E-state index is 0. The third-order valence-electron chi connectivity index (χ3n) is 10.3. The molecular formula is C48H30CuN4O8. The summed E-state index contributed by atoms with van der Waals surface area (Å²) in [5.74, 6) is -4.45. The average Bonchev–Trinajstić information content (AvgIpc) is 4.06. The van der Waals surface area contributed by atoms with Gasteiger partial charge < -0.3 is 30.0 Å². The molecule has 0 spiro atoms. The average molecular weight is 854 g/mol. The van der Waals surface area contributed by atoms with Gasteiger partial charge in [-0.15, -0.1) is 0 Å². The number of fused-ring (bicyclic) bond motifs is 8. The minimum Gasteiger partial charge on any atom is -0.478 e. The molecule has 0 saturated heterocycles. The predicted molar refractivity (Wildman–Crippen MR) is 228 cm³/mol. The number of aromatic carboxylic acids is 4. The van der Waals surface area contributed by atoms with Gasteiger partial charge in [0.25, 0.3) is 0 Å². The summed E-state index contributed by atoms with van der Waals surface area (Å²) in [7, 11) is 0. The van der Waals surface area contributed by atoms with E-state index in [0.29, 0.717) is 72.9 Å². The van der Waals surface area contributed by atoms with E-state index in [0.717, 1.165) is 11.0 Å². The van der Waals surface area contributed by atoms with E-state index >= 15 is 0 Å². The Kier molecular flexibility index (Phi) is 10.4. The van der Waals surface area contributed by atoms with Crippen molar-refractivity contribution < 1.29 is 56.7 Å². The molecule has 5 heterocycles. The van der Waals surface area contributed by atoms with Crippen molar-refractivity contribution in [3.63, 3.8) is 0 Å². The summed E-state index contributed by atoms with van der Waals surface area (Å²) in [5.41, 5.74) is 9.34. The second kappa shape index (κ2) is 15.9. The summed E-state index contributed by atoms with van der Waals surface area (Å²) in [6, 6.07) is 35.1. The Morgan fingerprint density at radius 1 is 0.443 bits per heavy atom. The number of aromatic nitrogens is 4. The molecule has 2 aliphatic rings. The van der Waals surface area contributed by atoms with Crippen LogP contribution in [0.3, 0.4) is 0 Å². The normalized spacial score (nSPS) is 11.5. The topological polar surface area (TPSA) is 196 Å². The van der Waals surface area contributed by atoms with Crippen molar-refractivity contribution in [2.75, 3.05) is 0 Å². The molecule has 0 amide bonds. The van der Waals surface area contributed by atoms with Gasteiger partial charge in [-0.1, -0.05) is 36.4 Å². The number of nitrogens with one attached hydrogen (secondary N) is 1. The van der Waals surface area contributed by atoms with Crippen molar-refractivity contribution >= 4 is 70.2 Å². The molecule has 61 heavy (non-hydrogen) atoms. The third kappa shape index (κ3) is 7.54. The van der Waals surface area contributed by atoms with Gasteiger partial charge in [0.05, 0.1) is 56.1 Å². The molecule has 3 aromatic heterocycles. The fraction of sp³-hybridized carbons (Fsp3) is 0. The quantitative estimate of drug-likeness (QED) is 0.0918. The molecule has 0 unspecified atom stereocenters. The van der Waals surface area contributed by atoms with E-state index in [-0.39, 0.29) is 39.3 Å². The Morgan fingerprint density at radius 3 is 1.31 bits per heavy atom. The monoisotopic (exact) mass is 853 g/mol. The smallest absolute Gasteiger partial charge is 0.335 e. The van der Waals surface area contributed by atoms with Crippen molar-refractivity contribution in [3.05, 3.63) is 172 Å². The van der Waals surface area contributed by atoms with E-state index in [9.17, 15) is 39.6 Å². The van der Waals surface area contributed by atoms with Gasteiger partial charge in [-0.2, -0.15) is 0 Å². The molecule has 4 aromatic carbocycles. The number of carboxylic acid groups (broad SMARTS) is 4. The van der Waals surface area contributed by atoms with Crippen LogP contribution in [0.1, 0.15) is 64.2 Å². The first kappa shape index (κ1) is 39.7. The van der Waals surface area contributed by atoms with E-state index < -0.39 is 23.9 Å². The Balaban J connectivity index is 0.00000514. The maximum Gasteiger partial charge on any atom is 0.335 e. The molecule has 1 radical (unpaired) electrons. The van der Waals surface area contributed by atoms with Crippen LogP contribution in [0.5, 0.6) is 0 Å². The maximum absolute atomic E-state index is 12.1. The number of hydrogen-bond donors (Lipinski definition) is 5. The molecule has 12 nitrogen and oxygen atoms in total. The first-order valence-electron chi connectivity index (χ1n) is 18.5. The number of hydrogen-bond acceptors (Lipinski definition) is 6. The second-order valence-corrected chi connectivity index (χ2v) is 14.0. The molecule has 0 aliphatic carbocycles. The van der Waals surface area contributed by atoms with E-state index in [1.165, 1.54) is 48.5 Å². The van der Waals surface area contributed by atoms with Gasteiger partial charge in [-0.25, -0.2) is 29.1 Å². The number of benzene rings is 4. The SMILES string of the molecule is O=C(O)c1ccc(-c2c(-c3ccc(C(=O)O)cc3)c3c(-c4ccc(C(=O)O)cc4)c4nc(cc5ccc(cc6nc(cc2n3-c2ccc(C(=O)O)cc2)C=C6)[nH]5)C=C4)cc1.[Cu]. The summed E-state index contributed by atoms with van der Waals surface area (Å²) in [6.45, 7) is 0. The molecule has 0 saturated carbocycles. The van der Waals surface area contributed by atoms with Crippen LogP contribution >= 0.6 is 0 Å². The van der Waals surface area contributed by atoms with Gasteiger partial charge in [0.2, 0.25) is 0 Å². The molecule has 9 rings (SSSR count). The van der Waals surface area contributed by atoms with Gasteiger partial charge in [0.15, 0.2) is 0 Å². The third-order valence-corrected chi connectivity index (χ3v) is 10.3. The van der Waals surface area contributed by atoms with Gasteiger partial charge in [0, 0.05) is 50.5 Å². The largest absolute Gasteiger partial charge is 0.478 e. The van der Waals surface area contributed by atoms with Crippen LogP contribution in [-0.2, 0) is 17.1 Å². The van der Waals surface area contributed by atoms with Crippen LogP contribution in [0.15, 0.2) is 127 Å².